The summed E-state index contributed by atoms with van der Waals surface area (Å²) in [6.45, 7) is 3.39. The molecule has 2 aromatic rings. The number of fused-ring (bicyclic) bond motifs is 3. The molecule has 0 fully saturated rings. The van der Waals surface area contributed by atoms with E-state index in [-0.39, 0.29) is 5.97 Å². The maximum absolute atomic E-state index is 11.8. The molecular weight excluding hydrogens is 266 g/mol. The van der Waals surface area contributed by atoms with Gasteiger partial charge >= 0.3 is 5.97 Å². The van der Waals surface area contributed by atoms with Crippen LogP contribution in [0.3, 0.4) is 0 Å². The maximum Gasteiger partial charge on any atom is 0.337 e. The first-order valence-electron chi connectivity index (χ1n) is 7.26. The van der Waals surface area contributed by atoms with Crippen LogP contribution >= 0.6 is 0 Å². The zero-order valence-electron chi connectivity index (χ0n) is 12.6. The number of rotatable bonds is 3. The second kappa shape index (κ2) is 5.50. The monoisotopic (exact) mass is 287 g/mol. The summed E-state index contributed by atoms with van der Waals surface area (Å²) < 4.78 is 7.13. The van der Waals surface area contributed by atoms with Crippen LogP contribution in [0.5, 0.6) is 0 Å². The van der Waals surface area contributed by atoms with Crippen molar-refractivity contribution in [2.75, 3.05) is 27.2 Å². The first-order chi connectivity index (χ1) is 10.2. The maximum atomic E-state index is 11.8. The second-order valence-corrected chi connectivity index (χ2v) is 5.58. The van der Waals surface area contributed by atoms with E-state index in [1.54, 1.807) is 0 Å². The Balaban J connectivity index is 2.21. The number of carbonyl (C=O) groups is 1. The largest absolute Gasteiger partial charge is 0.465 e. The van der Waals surface area contributed by atoms with Crippen molar-refractivity contribution in [1.29, 1.82) is 0 Å². The summed E-state index contributed by atoms with van der Waals surface area (Å²) >= 11 is 0. The number of likely N-dealkylation sites (N-methyl/N-ethyl adjacent to an activating group) is 1. The second-order valence-electron chi connectivity index (χ2n) is 5.58. The molecule has 1 aliphatic heterocycles. The lowest BCUT2D eigenvalue weighted by atomic mass is 10.0. The molecule has 0 unspecified atom stereocenters. The summed E-state index contributed by atoms with van der Waals surface area (Å²) in [5.74, 6) is -0.290. The molecule has 5 heteroatoms. The van der Waals surface area contributed by atoms with E-state index in [2.05, 4.69) is 16.5 Å². The van der Waals surface area contributed by atoms with Crippen molar-refractivity contribution < 1.29 is 9.53 Å². The Kier molecular flexibility index (Phi) is 3.69. The van der Waals surface area contributed by atoms with E-state index >= 15 is 0 Å². The highest BCUT2D eigenvalue weighted by Gasteiger charge is 2.22. The molecular formula is C16H21N3O2. The summed E-state index contributed by atoms with van der Waals surface area (Å²) in [4.78, 5) is 14.1. The van der Waals surface area contributed by atoms with Crippen molar-refractivity contribution in [3.8, 4) is 0 Å². The fraction of sp³-hybridized carbons (Fsp3) is 0.438. The Hall–Kier alpha value is -1.85. The van der Waals surface area contributed by atoms with Crippen LogP contribution in [0, 0.1) is 0 Å². The minimum atomic E-state index is -0.290. The van der Waals surface area contributed by atoms with Gasteiger partial charge in [-0.3, -0.25) is 0 Å². The molecule has 0 saturated heterocycles. The van der Waals surface area contributed by atoms with Gasteiger partial charge in [-0.05, 0) is 30.8 Å². The van der Waals surface area contributed by atoms with Gasteiger partial charge in [-0.15, -0.1) is 0 Å². The zero-order valence-corrected chi connectivity index (χ0v) is 12.6. The number of nitrogens with zero attached hydrogens (tertiary/aromatic N) is 2. The van der Waals surface area contributed by atoms with Crippen LogP contribution in [0.1, 0.15) is 21.6 Å². The fourth-order valence-electron chi connectivity index (χ4n) is 3.21. The Bertz CT molecular complexity index is 690. The molecule has 0 bridgehead atoms. The summed E-state index contributed by atoms with van der Waals surface area (Å²) in [7, 11) is 3.54. The minimum Gasteiger partial charge on any atom is -0.465 e. The summed E-state index contributed by atoms with van der Waals surface area (Å²) in [6.07, 6.45) is 1.02. The number of aromatic nitrogens is 1. The lowest BCUT2D eigenvalue weighted by Crippen LogP contribution is -2.27. The molecule has 1 aromatic heterocycles. The van der Waals surface area contributed by atoms with Gasteiger partial charge < -0.3 is 19.9 Å². The number of methoxy groups -OCH3 is 1. The van der Waals surface area contributed by atoms with E-state index in [0.29, 0.717) is 12.1 Å². The van der Waals surface area contributed by atoms with Crippen LogP contribution in [-0.2, 0) is 24.2 Å². The minimum absolute atomic E-state index is 0.290. The van der Waals surface area contributed by atoms with Crippen LogP contribution in [0.4, 0.5) is 0 Å². The summed E-state index contributed by atoms with van der Waals surface area (Å²) in [6, 6.07) is 5.79. The zero-order chi connectivity index (χ0) is 15.0. The lowest BCUT2D eigenvalue weighted by Gasteiger charge is -2.24. The van der Waals surface area contributed by atoms with Gasteiger partial charge in [-0.1, -0.05) is 0 Å². The van der Waals surface area contributed by atoms with Gasteiger partial charge in [-0.25, -0.2) is 4.79 Å². The van der Waals surface area contributed by atoms with Gasteiger partial charge in [0.15, 0.2) is 0 Å². The normalized spacial score (nSPS) is 15.2. The standard InChI is InChI=1S/C16H21N3O2/c1-18-7-5-15-13(10-18)12-9-11(16(20)21-2)3-4-14(12)19(15)8-6-17/h3-4,9H,5-8,10,17H2,1-2H3. The molecule has 5 nitrogen and oxygen atoms in total. The van der Waals surface area contributed by atoms with Crippen molar-refractivity contribution in [2.45, 2.75) is 19.5 Å². The number of hydrogen-bond acceptors (Lipinski definition) is 4. The van der Waals surface area contributed by atoms with Crippen LogP contribution in [0.25, 0.3) is 10.9 Å². The number of hydrogen-bond donors (Lipinski definition) is 1. The first kappa shape index (κ1) is 14.1. The number of benzene rings is 1. The predicted octanol–water partition coefficient (Wildman–Crippen LogP) is 1.37. The van der Waals surface area contributed by atoms with E-state index in [0.717, 1.165) is 37.0 Å². The van der Waals surface area contributed by atoms with E-state index < -0.39 is 0 Å². The summed E-state index contributed by atoms with van der Waals surface area (Å²) in [5.41, 5.74) is 10.2. The number of esters is 1. The van der Waals surface area contributed by atoms with E-state index in [9.17, 15) is 4.79 Å². The molecule has 3 rings (SSSR count). The van der Waals surface area contributed by atoms with Gasteiger partial charge in [-0.2, -0.15) is 0 Å². The molecule has 1 aromatic carbocycles. The highest BCUT2D eigenvalue weighted by Crippen LogP contribution is 2.31. The van der Waals surface area contributed by atoms with Crippen molar-refractivity contribution in [1.82, 2.24) is 9.47 Å². The van der Waals surface area contributed by atoms with Crippen molar-refractivity contribution >= 4 is 16.9 Å². The molecule has 2 heterocycles. The molecule has 21 heavy (non-hydrogen) atoms. The van der Waals surface area contributed by atoms with Gasteiger partial charge in [0.2, 0.25) is 0 Å². The molecule has 0 saturated carbocycles. The van der Waals surface area contributed by atoms with Gasteiger partial charge in [0, 0.05) is 49.2 Å². The first-order valence-corrected chi connectivity index (χ1v) is 7.26. The Morgan fingerprint density at radius 3 is 2.95 bits per heavy atom. The Morgan fingerprint density at radius 2 is 2.24 bits per heavy atom. The smallest absolute Gasteiger partial charge is 0.337 e. The fourth-order valence-corrected chi connectivity index (χ4v) is 3.21. The number of ether oxygens (including phenoxy) is 1. The quantitative estimate of drug-likeness (QED) is 0.866. The van der Waals surface area contributed by atoms with Crippen molar-refractivity contribution in [2.24, 2.45) is 5.73 Å². The molecule has 0 amide bonds. The van der Waals surface area contributed by atoms with Crippen LogP contribution in [-0.4, -0.2) is 42.7 Å². The summed E-state index contributed by atoms with van der Waals surface area (Å²) in [5, 5.41) is 1.15. The topological polar surface area (TPSA) is 60.5 Å². The van der Waals surface area contributed by atoms with Crippen LogP contribution < -0.4 is 5.73 Å². The average molecular weight is 287 g/mol. The van der Waals surface area contributed by atoms with E-state index in [4.69, 9.17) is 10.5 Å². The van der Waals surface area contributed by atoms with Gasteiger partial charge in [0.1, 0.15) is 0 Å². The SMILES string of the molecule is COC(=O)c1ccc2c(c1)c1c(n2CCN)CCN(C)C1. The third-order valence-electron chi connectivity index (χ3n) is 4.22. The molecule has 112 valence electrons. The molecule has 0 atom stereocenters. The molecule has 1 aliphatic rings. The van der Waals surface area contributed by atoms with E-state index in [1.807, 2.05) is 18.2 Å². The number of nitrogens with two attached hydrogens (primary N) is 1. The van der Waals surface area contributed by atoms with Gasteiger partial charge in [0.05, 0.1) is 12.7 Å². The van der Waals surface area contributed by atoms with Crippen LogP contribution in [0.2, 0.25) is 0 Å². The predicted molar refractivity (Wildman–Crippen MR) is 82.4 cm³/mol. The highest BCUT2D eigenvalue weighted by atomic mass is 16.5. The molecule has 0 spiro atoms. The highest BCUT2D eigenvalue weighted by molar-refractivity contribution is 5.96. The molecule has 0 aliphatic carbocycles. The molecule has 0 radical (unpaired) electrons. The van der Waals surface area contributed by atoms with Gasteiger partial charge in [0.25, 0.3) is 0 Å². The Morgan fingerprint density at radius 1 is 1.43 bits per heavy atom. The lowest BCUT2D eigenvalue weighted by molar-refractivity contribution is 0.0601. The Labute approximate surface area is 124 Å². The third-order valence-corrected chi connectivity index (χ3v) is 4.22. The molecule has 2 N–H and O–H groups in total. The van der Waals surface area contributed by atoms with Crippen molar-refractivity contribution in [3.05, 3.63) is 35.0 Å². The van der Waals surface area contributed by atoms with E-state index in [1.165, 1.54) is 18.4 Å². The number of carbonyl (C=O) groups excluding carboxylic acids is 1. The third kappa shape index (κ3) is 2.32. The van der Waals surface area contributed by atoms with Crippen LogP contribution in [0.15, 0.2) is 18.2 Å². The van der Waals surface area contributed by atoms with Crippen molar-refractivity contribution in [3.63, 3.8) is 0 Å². The average Bonchev–Trinajstić information content (AvgIpc) is 2.80.